The van der Waals surface area contributed by atoms with Crippen molar-refractivity contribution in [1.82, 2.24) is 0 Å². The van der Waals surface area contributed by atoms with Gasteiger partial charge in [-0.3, -0.25) is 10.1 Å². The van der Waals surface area contributed by atoms with Crippen molar-refractivity contribution in [3.05, 3.63) is 63.7 Å². The molecule has 1 spiro atoms. The van der Waals surface area contributed by atoms with Gasteiger partial charge < -0.3 is 9.64 Å². The molecule has 1 unspecified atom stereocenters. The zero-order valence-corrected chi connectivity index (χ0v) is 15.3. The predicted molar refractivity (Wildman–Crippen MR) is 99.1 cm³/mol. The first-order chi connectivity index (χ1) is 12.8. The van der Waals surface area contributed by atoms with Gasteiger partial charge in [0.2, 0.25) is 10.0 Å². The van der Waals surface area contributed by atoms with E-state index in [0.29, 0.717) is 25.4 Å². The molecule has 1 fully saturated rings. The van der Waals surface area contributed by atoms with Crippen molar-refractivity contribution in [2.24, 2.45) is 5.14 Å². The number of non-ortho nitro benzene ring substituents is 1. The number of sulfonamides is 1. The lowest BCUT2D eigenvalue weighted by molar-refractivity contribution is -0.385. The second-order valence-electron chi connectivity index (χ2n) is 6.91. The van der Waals surface area contributed by atoms with Gasteiger partial charge in [0.05, 0.1) is 23.0 Å². The molecule has 1 heterocycles. The molecule has 0 saturated carbocycles. The molecule has 1 aliphatic heterocycles. The summed E-state index contributed by atoms with van der Waals surface area (Å²) in [5.41, 5.74) is 2.04. The molecule has 0 aromatic heterocycles. The van der Waals surface area contributed by atoms with Gasteiger partial charge >= 0.3 is 0 Å². The Hall–Kier alpha value is -2.49. The standard InChI is InChI=1S/C18H19N3O5S/c19-27(24,25)16-10-14(9-15(11-16)21(22)23)20-7-8-26-18(12-20)6-5-13-3-1-2-4-17(13)18/h1-4,9-11H,5-8,12H2,(H2,19,24,25). The molecule has 4 rings (SSSR count). The zero-order valence-electron chi connectivity index (χ0n) is 14.5. The van der Waals surface area contributed by atoms with Crippen molar-refractivity contribution in [3.63, 3.8) is 0 Å². The Bertz CT molecular complexity index is 1020. The largest absolute Gasteiger partial charge is 0.367 e. The summed E-state index contributed by atoms with van der Waals surface area (Å²) in [5.74, 6) is 0. The minimum atomic E-state index is -4.06. The molecule has 27 heavy (non-hydrogen) atoms. The summed E-state index contributed by atoms with van der Waals surface area (Å²) in [6.07, 6.45) is 1.72. The highest BCUT2D eigenvalue weighted by Crippen LogP contribution is 2.43. The van der Waals surface area contributed by atoms with Crippen LogP contribution < -0.4 is 10.0 Å². The van der Waals surface area contributed by atoms with Crippen LogP contribution in [0.1, 0.15) is 17.5 Å². The summed E-state index contributed by atoms with van der Waals surface area (Å²) in [5, 5.41) is 16.5. The molecule has 1 atom stereocenters. The summed E-state index contributed by atoms with van der Waals surface area (Å²) >= 11 is 0. The molecule has 0 amide bonds. The Labute approximate surface area is 156 Å². The predicted octanol–water partition coefficient (Wildman–Crippen LogP) is 1.92. The van der Waals surface area contributed by atoms with E-state index >= 15 is 0 Å². The lowest BCUT2D eigenvalue weighted by atomic mass is 9.93. The van der Waals surface area contributed by atoms with Crippen LogP contribution in [0, 0.1) is 10.1 Å². The van der Waals surface area contributed by atoms with Crippen LogP contribution in [0.5, 0.6) is 0 Å². The summed E-state index contributed by atoms with van der Waals surface area (Å²) in [7, 11) is -4.06. The van der Waals surface area contributed by atoms with Crippen LogP contribution >= 0.6 is 0 Å². The van der Waals surface area contributed by atoms with Crippen LogP contribution in [0.4, 0.5) is 11.4 Å². The van der Waals surface area contributed by atoms with Crippen molar-refractivity contribution in [2.75, 3.05) is 24.6 Å². The van der Waals surface area contributed by atoms with Gasteiger partial charge in [-0.1, -0.05) is 24.3 Å². The molecular weight excluding hydrogens is 370 g/mol. The molecule has 2 aromatic carbocycles. The number of morpholine rings is 1. The third-order valence-corrected chi connectivity index (χ3v) is 6.17. The Morgan fingerprint density at radius 2 is 2.00 bits per heavy atom. The number of anilines is 1. The summed E-state index contributed by atoms with van der Waals surface area (Å²) in [4.78, 5) is 12.3. The minimum absolute atomic E-state index is 0.265. The number of nitrogens with two attached hydrogens (primary N) is 1. The third kappa shape index (κ3) is 3.18. The first-order valence-electron chi connectivity index (χ1n) is 8.58. The van der Waals surface area contributed by atoms with Gasteiger partial charge in [-0.15, -0.1) is 0 Å². The van der Waals surface area contributed by atoms with Gasteiger partial charge in [-0.05, 0) is 30.0 Å². The minimum Gasteiger partial charge on any atom is -0.367 e. The second kappa shape index (κ2) is 6.29. The monoisotopic (exact) mass is 389 g/mol. The number of nitrogens with zero attached hydrogens (tertiary/aromatic N) is 2. The first-order valence-corrected chi connectivity index (χ1v) is 10.1. The SMILES string of the molecule is NS(=O)(=O)c1cc(N2CCOC3(CCc4ccccc43)C2)cc([N+](=O)[O-])c1. The van der Waals surface area contributed by atoms with E-state index in [-0.39, 0.29) is 10.6 Å². The maximum absolute atomic E-state index is 11.8. The van der Waals surface area contributed by atoms with Gasteiger partial charge in [0.1, 0.15) is 5.60 Å². The van der Waals surface area contributed by atoms with Crippen LogP contribution in [-0.2, 0) is 26.8 Å². The van der Waals surface area contributed by atoms with E-state index in [1.807, 2.05) is 17.0 Å². The molecule has 0 bridgehead atoms. The van der Waals surface area contributed by atoms with Crippen molar-refractivity contribution in [1.29, 1.82) is 0 Å². The highest BCUT2D eigenvalue weighted by atomic mass is 32.2. The Kier molecular flexibility index (Phi) is 4.17. The van der Waals surface area contributed by atoms with Crippen LogP contribution in [-0.4, -0.2) is 33.0 Å². The van der Waals surface area contributed by atoms with Gasteiger partial charge in [0, 0.05) is 24.4 Å². The Balaban J connectivity index is 1.74. The normalized spacial score (nSPS) is 22.0. The van der Waals surface area contributed by atoms with E-state index in [2.05, 4.69) is 12.1 Å². The molecule has 2 aliphatic rings. The van der Waals surface area contributed by atoms with Crippen LogP contribution in [0.15, 0.2) is 47.4 Å². The Morgan fingerprint density at radius 3 is 2.74 bits per heavy atom. The lowest BCUT2D eigenvalue weighted by Gasteiger charge is -2.42. The number of aryl methyl sites for hydroxylation is 1. The van der Waals surface area contributed by atoms with Crippen molar-refractivity contribution >= 4 is 21.4 Å². The number of rotatable bonds is 3. The van der Waals surface area contributed by atoms with Crippen LogP contribution in [0.2, 0.25) is 0 Å². The van der Waals surface area contributed by atoms with E-state index in [9.17, 15) is 18.5 Å². The molecule has 0 radical (unpaired) electrons. The quantitative estimate of drug-likeness (QED) is 0.633. The highest BCUT2D eigenvalue weighted by molar-refractivity contribution is 7.89. The average Bonchev–Trinajstić information content (AvgIpc) is 2.99. The third-order valence-electron chi connectivity index (χ3n) is 5.27. The fraction of sp³-hybridized carbons (Fsp3) is 0.333. The number of ether oxygens (including phenoxy) is 1. The average molecular weight is 389 g/mol. The number of fused-ring (bicyclic) bond motifs is 2. The molecule has 1 aliphatic carbocycles. The number of hydrogen-bond donors (Lipinski definition) is 1. The summed E-state index contributed by atoms with van der Waals surface area (Å²) < 4.78 is 29.7. The van der Waals surface area contributed by atoms with Crippen molar-refractivity contribution < 1.29 is 18.1 Å². The maximum atomic E-state index is 11.8. The van der Waals surface area contributed by atoms with Crippen molar-refractivity contribution in [2.45, 2.75) is 23.3 Å². The van der Waals surface area contributed by atoms with Crippen LogP contribution in [0.3, 0.4) is 0 Å². The zero-order chi connectivity index (χ0) is 19.2. The summed E-state index contributed by atoms with van der Waals surface area (Å²) in [6.45, 7) is 1.45. The molecule has 2 aromatic rings. The smallest absolute Gasteiger partial charge is 0.272 e. The number of benzene rings is 2. The maximum Gasteiger partial charge on any atom is 0.272 e. The fourth-order valence-corrected chi connectivity index (χ4v) is 4.56. The fourth-order valence-electron chi connectivity index (χ4n) is 3.99. The lowest BCUT2D eigenvalue weighted by Crippen LogP contribution is -2.49. The van der Waals surface area contributed by atoms with E-state index < -0.39 is 20.5 Å². The van der Waals surface area contributed by atoms with Gasteiger partial charge in [-0.2, -0.15) is 0 Å². The molecule has 8 nitrogen and oxygen atoms in total. The number of primary sulfonamides is 1. The van der Waals surface area contributed by atoms with Gasteiger partial charge in [0.15, 0.2) is 0 Å². The van der Waals surface area contributed by atoms with E-state index in [0.717, 1.165) is 24.5 Å². The van der Waals surface area contributed by atoms with Gasteiger partial charge in [-0.25, -0.2) is 13.6 Å². The van der Waals surface area contributed by atoms with E-state index in [1.165, 1.54) is 17.7 Å². The topological polar surface area (TPSA) is 116 Å². The summed E-state index contributed by atoms with van der Waals surface area (Å²) in [6, 6.07) is 11.9. The number of nitro groups is 1. The Morgan fingerprint density at radius 1 is 1.22 bits per heavy atom. The first kappa shape index (κ1) is 17.9. The molecule has 1 saturated heterocycles. The number of nitro benzene ring substituents is 1. The van der Waals surface area contributed by atoms with Gasteiger partial charge in [0.25, 0.3) is 5.69 Å². The van der Waals surface area contributed by atoms with Crippen molar-refractivity contribution in [3.8, 4) is 0 Å². The second-order valence-corrected chi connectivity index (χ2v) is 8.47. The molecule has 142 valence electrons. The number of hydrogen-bond acceptors (Lipinski definition) is 6. The van der Waals surface area contributed by atoms with Crippen LogP contribution in [0.25, 0.3) is 0 Å². The molecule has 9 heteroatoms. The molecular formula is C18H19N3O5S. The van der Waals surface area contributed by atoms with E-state index in [1.54, 1.807) is 0 Å². The highest BCUT2D eigenvalue weighted by Gasteiger charge is 2.43. The van der Waals surface area contributed by atoms with E-state index in [4.69, 9.17) is 9.88 Å². The molecule has 2 N–H and O–H groups in total.